The molecule has 28 heavy (non-hydrogen) atoms. The summed E-state index contributed by atoms with van der Waals surface area (Å²) in [7, 11) is 3.22. The fourth-order valence-electron chi connectivity index (χ4n) is 2.45. The number of rotatable bonds is 7. The maximum absolute atomic E-state index is 13.5. The normalized spacial score (nSPS) is 11.6. The molecule has 1 aromatic carbocycles. The minimum atomic E-state index is -0.758. The van der Waals surface area contributed by atoms with Gasteiger partial charge in [-0.05, 0) is 50.9 Å². The van der Waals surface area contributed by atoms with E-state index in [0.717, 1.165) is 4.57 Å². The smallest absolute Gasteiger partial charge is 0.446 e. The molecule has 12 heteroatoms. The third-order valence-corrected chi connectivity index (χ3v) is 4.42. The molecule has 2 aromatic heterocycles. The molecule has 0 aliphatic rings. The van der Waals surface area contributed by atoms with Gasteiger partial charge in [-0.25, -0.2) is 18.4 Å². The van der Waals surface area contributed by atoms with E-state index in [-0.39, 0.29) is 21.8 Å². The molecule has 148 valence electrons. The van der Waals surface area contributed by atoms with Crippen molar-refractivity contribution in [3.63, 3.8) is 0 Å². The van der Waals surface area contributed by atoms with E-state index in [4.69, 9.17) is 13.9 Å². The van der Waals surface area contributed by atoms with Gasteiger partial charge >= 0.3 is 5.76 Å². The second-order valence-corrected chi connectivity index (χ2v) is 6.37. The zero-order valence-electron chi connectivity index (χ0n) is 15.0. The Labute approximate surface area is 166 Å². The molecule has 0 aliphatic heterocycles. The summed E-state index contributed by atoms with van der Waals surface area (Å²) in [4.78, 5) is 16.1. The molecule has 10 nitrogen and oxygen atoms in total. The number of anilines is 1. The molecule has 0 saturated carbocycles. The molecule has 3 rings (SSSR count). The summed E-state index contributed by atoms with van der Waals surface area (Å²) >= 11 is 3.09. The van der Waals surface area contributed by atoms with Gasteiger partial charge in [0.1, 0.15) is 5.82 Å². The number of hydrogen-bond donors (Lipinski definition) is 1. The standard InChI is InChI=1S/C16H16BrFN6O4/c1-19-12(26-2)4-3-7-20-14-13(21-28-22-14)15-23-27-16(25)24(15)9-5-6-11(18)10(17)8-9/h5-6,8H,3-4,7H2,1-2H3,(H,20,22). The highest BCUT2D eigenvalue weighted by Gasteiger charge is 2.23. The van der Waals surface area contributed by atoms with Gasteiger partial charge in [0.05, 0.1) is 17.3 Å². The summed E-state index contributed by atoms with van der Waals surface area (Å²) < 4.78 is 29.5. The van der Waals surface area contributed by atoms with Crippen molar-refractivity contribution in [3.8, 4) is 17.2 Å². The number of halogens is 2. The first-order valence-corrected chi connectivity index (χ1v) is 8.95. The number of hydrogen-bond acceptors (Lipinski definition) is 9. The molecular formula is C16H16BrFN6O4. The topological polar surface area (TPSA) is 121 Å². The van der Waals surface area contributed by atoms with Crippen LogP contribution in [0.1, 0.15) is 12.8 Å². The monoisotopic (exact) mass is 454 g/mol. The van der Waals surface area contributed by atoms with E-state index in [0.29, 0.717) is 31.0 Å². The van der Waals surface area contributed by atoms with Crippen molar-refractivity contribution < 1.29 is 18.3 Å². The summed E-state index contributed by atoms with van der Waals surface area (Å²) in [6, 6.07) is 4.05. The highest BCUT2D eigenvalue weighted by atomic mass is 79.9. The summed E-state index contributed by atoms with van der Waals surface area (Å²) in [5, 5.41) is 14.4. The average Bonchev–Trinajstić information content (AvgIpc) is 3.30. The molecule has 0 bridgehead atoms. The summed E-state index contributed by atoms with van der Waals surface area (Å²) in [5.74, 6) is -0.235. The van der Waals surface area contributed by atoms with Crippen molar-refractivity contribution in [1.29, 1.82) is 0 Å². The number of nitrogens with one attached hydrogen (secondary N) is 1. The maximum Gasteiger partial charge on any atom is 0.446 e. The molecule has 0 aliphatic carbocycles. The number of methoxy groups -OCH3 is 1. The lowest BCUT2D eigenvalue weighted by Gasteiger charge is -2.06. The highest BCUT2D eigenvalue weighted by molar-refractivity contribution is 9.10. The largest absolute Gasteiger partial charge is 0.484 e. The molecule has 3 aromatic rings. The lowest BCUT2D eigenvalue weighted by molar-refractivity contribution is 0.309. The minimum Gasteiger partial charge on any atom is -0.484 e. The van der Waals surface area contributed by atoms with Gasteiger partial charge < -0.3 is 10.1 Å². The molecule has 0 unspecified atom stereocenters. The zero-order chi connectivity index (χ0) is 20.1. The Bertz CT molecular complexity index is 1040. The van der Waals surface area contributed by atoms with Crippen molar-refractivity contribution in [3.05, 3.63) is 39.0 Å². The SMILES string of the molecule is CN=C(CCCNc1nonc1-c1noc(=O)n1-c1ccc(F)c(Br)c1)OC. The Morgan fingerprint density at radius 1 is 1.39 bits per heavy atom. The summed E-state index contributed by atoms with van der Waals surface area (Å²) in [6.45, 7) is 0.522. The van der Waals surface area contributed by atoms with E-state index in [1.807, 2.05) is 0 Å². The van der Waals surface area contributed by atoms with E-state index in [2.05, 4.69) is 41.7 Å². The van der Waals surface area contributed by atoms with Crippen LogP contribution in [-0.2, 0) is 4.74 Å². The summed E-state index contributed by atoms with van der Waals surface area (Å²) in [5.41, 5.74) is 0.523. The van der Waals surface area contributed by atoms with Crippen LogP contribution in [0.15, 0.2) is 41.6 Å². The fourth-order valence-corrected chi connectivity index (χ4v) is 2.82. The van der Waals surface area contributed by atoms with Crippen LogP contribution in [0, 0.1) is 5.82 Å². The van der Waals surface area contributed by atoms with Crippen molar-refractivity contribution >= 4 is 27.6 Å². The van der Waals surface area contributed by atoms with Crippen molar-refractivity contribution in [2.75, 3.05) is 26.0 Å². The van der Waals surface area contributed by atoms with E-state index in [9.17, 15) is 9.18 Å². The van der Waals surface area contributed by atoms with Gasteiger partial charge in [0.15, 0.2) is 11.6 Å². The first-order valence-electron chi connectivity index (χ1n) is 8.15. The number of benzene rings is 1. The van der Waals surface area contributed by atoms with Crippen molar-refractivity contribution in [2.45, 2.75) is 12.8 Å². The Balaban J connectivity index is 1.83. The molecule has 0 spiro atoms. The average molecular weight is 455 g/mol. The molecule has 0 amide bonds. The van der Waals surface area contributed by atoms with Gasteiger partial charge in [0.25, 0.3) is 0 Å². The molecule has 0 radical (unpaired) electrons. The van der Waals surface area contributed by atoms with E-state index >= 15 is 0 Å². The van der Waals surface area contributed by atoms with Gasteiger partial charge in [-0.15, -0.1) is 0 Å². The molecule has 1 N–H and O–H groups in total. The zero-order valence-corrected chi connectivity index (χ0v) is 16.6. The van der Waals surface area contributed by atoms with Gasteiger partial charge in [0, 0.05) is 20.0 Å². The van der Waals surface area contributed by atoms with Crippen LogP contribution >= 0.6 is 15.9 Å². The predicted molar refractivity (Wildman–Crippen MR) is 101 cm³/mol. The Kier molecular flexibility index (Phi) is 6.19. The number of ether oxygens (including phenoxy) is 1. The molecule has 2 heterocycles. The Morgan fingerprint density at radius 2 is 2.21 bits per heavy atom. The highest BCUT2D eigenvalue weighted by Crippen LogP contribution is 2.26. The van der Waals surface area contributed by atoms with Crippen LogP contribution in [0.4, 0.5) is 10.2 Å². The van der Waals surface area contributed by atoms with Crippen LogP contribution < -0.4 is 11.1 Å². The van der Waals surface area contributed by atoms with Crippen LogP contribution in [0.25, 0.3) is 17.2 Å². The first kappa shape index (κ1) is 19.7. The van der Waals surface area contributed by atoms with Crippen molar-refractivity contribution in [2.24, 2.45) is 4.99 Å². The molecule has 0 atom stereocenters. The van der Waals surface area contributed by atoms with E-state index in [1.54, 1.807) is 14.2 Å². The van der Waals surface area contributed by atoms with E-state index < -0.39 is 11.6 Å². The van der Waals surface area contributed by atoms with Crippen molar-refractivity contribution in [1.82, 2.24) is 20.0 Å². The van der Waals surface area contributed by atoms with Gasteiger partial charge in [0.2, 0.25) is 11.6 Å². The Hall–Kier alpha value is -3.02. The third-order valence-electron chi connectivity index (χ3n) is 3.81. The van der Waals surface area contributed by atoms with Crippen LogP contribution in [0.2, 0.25) is 0 Å². The second kappa shape index (κ2) is 8.78. The summed E-state index contributed by atoms with van der Waals surface area (Å²) in [6.07, 6.45) is 1.35. The molecular weight excluding hydrogens is 439 g/mol. The lowest BCUT2D eigenvalue weighted by Crippen LogP contribution is -2.14. The number of nitrogens with zero attached hydrogens (tertiary/aromatic N) is 5. The number of aliphatic imine (C=N–C) groups is 1. The van der Waals surface area contributed by atoms with Crippen LogP contribution in [-0.4, -0.2) is 46.6 Å². The lowest BCUT2D eigenvalue weighted by atomic mass is 10.3. The van der Waals surface area contributed by atoms with Gasteiger partial charge in [-0.2, -0.15) is 0 Å². The maximum atomic E-state index is 13.5. The third kappa shape index (κ3) is 4.11. The Morgan fingerprint density at radius 3 is 2.93 bits per heavy atom. The van der Waals surface area contributed by atoms with Crippen LogP contribution in [0.3, 0.4) is 0 Å². The first-order chi connectivity index (χ1) is 13.5. The number of aromatic nitrogens is 4. The van der Waals surface area contributed by atoms with Gasteiger partial charge in [-0.3, -0.25) is 9.52 Å². The molecule has 0 saturated heterocycles. The van der Waals surface area contributed by atoms with Crippen LogP contribution in [0.5, 0.6) is 0 Å². The fraction of sp³-hybridized carbons (Fsp3) is 0.312. The van der Waals surface area contributed by atoms with E-state index in [1.165, 1.54) is 18.2 Å². The minimum absolute atomic E-state index is 0.0694. The van der Waals surface area contributed by atoms with Gasteiger partial charge in [-0.1, -0.05) is 5.16 Å². The second-order valence-electron chi connectivity index (χ2n) is 5.52. The predicted octanol–water partition coefficient (Wildman–Crippen LogP) is 2.64. The quantitative estimate of drug-likeness (QED) is 0.328. The molecule has 0 fully saturated rings.